The summed E-state index contributed by atoms with van der Waals surface area (Å²) in [6.45, 7) is 2.78. The highest BCUT2D eigenvalue weighted by molar-refractivity contribution is 5.78. The van der Waals surface area contributed by atoms with Gasteiger partial charge in [-0.3, -0.25) is 0 Å². The molecule has 2 N–H and O–H groups in total. The molecule has 1 aromatic heterocycles. The maximum absolute atomic E-state index is 13.7. The van der Waals surface area contributed by atoms with E-state index in [1.54, 1.807) is 6.07 Å². The van der Waals surface area contributed by atoms with Crippen LogP contribution in [0.25, 0.3) is 11.0 Å². The van der Waals surface area contributed by atoms with Crippen LogP contribution in [0, 0.1) is 12.7 Å². The first-order chi connectivity index (χ1) is 9.66. The molecule has 3 aromatic rings. The number of halogens is 1. The number of nitrogens with zero attached hydrogens (tertiary/aromatic N) is 2. The van der Waals surface area contributed by atoms with Crippen molar-refractivity contribution < 1.29 is 4.39 Å². The Hall–Kier alpha value is -2.36. The summed E-state index contributed by atoms with van der Waals surface area (Å²) in [6, 6.07) is 13.2. The Morgan fingerprint density at radius 2 is 1.95 bits per heavy atom. The minimum atomic E-state index is -0.330. The van der Waals surface area contributed by atoms with E-state index >= 15 is 0 Å². The van der Waals surface area contributed by atoms with Gasteiger partial charge in [-0.05, 0) is 36.6 Å². The van der Waals surface area contributed by atoms with Crippen LogP contribution in [0.15, 0.2) is 42.5 Å². The standard InChI is InChI=1S/C16H16FN3/c1-11-5-2-3-6-12(11)9-10-20-14-8-4-7-13(17)15(14)19-16(20)18/h2-8H,9-10H2,1H3,(H2,18,19). The second-order valence-electron chi connectivity index (χ2n) is 4.91. The molecule has 20 heavy (non-hydrogen) atoms. The minimum absolute atomic E-state index is 0.330. The average molecular weight is 269 g/mol. The lowest BCUT2D eigenvalue weighted by Gasteiger charge is -2.08. The van der Waals surface area contributed by atoms with Crippen LogP contribution in [0.2, 0.25) is 0 Å². The Morgan fingerprint density at radius 1 is 1.15 bits per heavy atom. The molecular weight excluding hydrogens is 253 g/mol. The largest absolute Gasteiger partial charge is 0.369 e. The predicted octanol–water partition coefficient (Wildman–Crippen LogP) is 3.31. The summed E-state index contributed by atoms with van der Waals surface area (Å²) < 4.78 is 15.5. The van der Waals surface area contributed by atoms with Gasteiger partial charge in [-0.2, -0.15) is 0 Å². The van der Waals surface area contributed by atoms with Gasteiger partial charge in [0.2, 0.25) is 5.95 Å². The third kappa shape index (κ3) is 2.13. The van der Waals surface area contributed by atoms with Gasteiger partial charge in [0.05, 0.1) is 5.52 Å². The van der Waals surface area contributed by atoms with Gasteiger partial charge in [-0.25, -0.2) is 9.37 Å². The van der Waals surface area contributed by atoms with Crippen LogP contribution in [0.1, 0.15) is 11.1 Å². The van der Waals surface area contributed by atoms with Gasteiger partial charge < -0.3 is 10.3 Å². The van der Waals surface area contributed by atoms with Crippen LogP contribution in [0.5, 0.6) is 0 Å². The van der Waals surface area contributed by atoms with Crippen molar-refractivity contribution in [3.05, 3.63) is 59.4 Å². The zero-order chi connectivity index (χ0) is 14.1. The van der Waals surface area contributed by atoms with Crippen LogP contribution in [-0.2, 0) is 13.0 Å². The third-order valence-electron chi connectivity index (χ3n) is 3.63. The van der Waals surface area contributed by atoms with E-state index in [1.807, 2.05) is 22.8 Å². The molecule has 0 fully saturated rings. The first-order valence-corrected chi connectivity index (χ1v) is 6.61. The van der Waals surface area contributed by atoms with Crippen molar-refractivity contribution in [1.82, 2.24) is 9.55 Å². The summed E-state index contributed by atoms with van der Waals surface area (Å²) in [6.07, 6.45) is 0.846. The number of nitrogens with two attached hydrogens (primary N) is 1. The molecule has 0 aliphatic heterocycles. The summed E-state index contributed by atoms with van der Waals surface area (Å²) in [5.41, 5.74) is 9.52. The van der Waals surface area contributed by atoms with E-state index in [0.29, 0.717) is 18.0 Å². The molecule has 4 heteroatoms. The fourth-order valence-electron chi connectivity index (χ4n) is 2.49. The summed E-state index contributed by atoms with van der Waals surface area (Å²) >= 11 is 0. The summed E-state index contributed by atoms with van der Waals surface area (Å²) in [5, 5.41) is 0. The normalized spacial score (nSPS) is 11.1. The fourth-order valence-corrected chi connectivity index (χ4v) is 2.49. The lowest BCUT2D eigenvalue weighted by atomic mass is 10.1. The molecule has 0 amide bonds. The summed E-state index contributed by atoms with van der Waals surface area (Å²) in [5.74, 6) is 0.0301. The molecule has 0 spiro atoms. The number of imidazole rings is 1. The van der Waals surface area contributed by atoms with Crippen molar-refractivity contribution in [3.63, 3.8) is 0 Å². The summed E-state index contributed by atoms with van der Waals surface area (Å²) in [7, 11) is 0. The number of hydrogen-bond acceptors (Lipinski definition) is 2. The Labute approximate surface area is 116 Å². The van der Waals surface area contributed by atoms with Gasteiger partial charge in [0.25, 0.3) is 0 Å². The van der Waals surface area contributed by atoms with Crippen molar-refractivity contribution in [2.45, 2.75) is 19.9 Å². The quantitative estimate of drug-likeness (QED) is 0.792. The fraction of sp³-hybridized carbons (Fsp3) is 0.188. The molecule has 0 radical (unpaired) electrons. The number of benzene rings is 2. The van der Waals surface area contributed by atoms with Crippen LogP contribution in [0.3, 0.4) is 0 Å². The van der Waals surface area contributed by atoms with Gasteiger partial charge in [0.1, 0.15) is 5.52 Å². The van der Waals surface area contributed by atoms with Crippen LogP contribution >= 0.6 is 0 Å². The first-order valence-electron chi connectivity index (χ1n) is 6.61. The molecule has 0 aliphatic rings. The number of hydrogen-bond donors (Lipinski definition) is 1. The van der Waals surface area contributed by atoms with Crippen LogP contribution in [-0.4, -0.2) is 9.55 Å². The molecule has 102 valence electrons. The van der Waals surface area contributed by atoms with E-state index in [-0.39, 0.29) is 5.82 Å². The molecule has 0 aliphatic carbocycles. The highest BCUT2D eigenvalue weighted by atomic mass is 19.1. The molecule has 0 bridgehead atoms. The van der Waals surface area contributed by atoms with Gasteiger partial charge in [0, 0.05) is 6.54 Å². The van der Waals surface area contributed by atoms with Crippen molar-refractivity contribution in [3.8, 4) is 0 Å². The monoisotopic (exact) mass is 269 g/mol. The van der Waals surface area contributed by atoms with E-state index in [1.165, 1.54) is 17.2 Å². The van der Waals surface area contributed by atoms with E-state index in [0.717, 1.165) is 11.9 Å². The Balaban J connectivity index is 1.94. The molecule has 2 aromatic carbocycles. The van der Waals surface area contributed by atoms with Crippen molar-refractivity contribution in [2.75, 3.05) is 5.73 Å². The predicted molar refractivity (Wildman–Crippen MR) is 79.0 cm³/mol. The first kappa shape index (κ1) is 12.7. The highest BCUT2D eigenvalue weighted by Gasteiger charge is 2.11. The number of nitrogen functional groups attached to an aromatic ring is 1. The Bertz CT molecular complexity index is 762. The molecule has 0 saturated carbocycles. The second-order valence-corrected chi connectivity index (χ2v) is 4.91. The number of anilines is 1. The van der Waals surface area contributed by atoms with Crippen LogP contribution < -0.4 is 5.73 Å². The Morgan fingerprint density at radius 3 is 2.75 bits per heavy atom. The molecule has 3 rings (SSSR count). The molecule has 0 saturated heterocycles. The Kier molecular flexibility index (Phi) is 3.14. The molecular formula is C16H16FN3. The van der Waals surface area contributed by atoms with E-state index in [4.69, 9.17) is 5.73 Å². The zero-order valence-electron chi connectivity index (χ0n) is 11.3. The lowest BCUT2D eigenvalue weighted by molar-refractivity contribution is 0.637. The van der Waals surface area contributed by atoms with E-state index < -0.39 is 0 Å². The average Bonchev–Trinajstić information content (AvgIpc) is 2.76. The van der Waals surface area contributed by atoms with Crippen molar-refractivity contribution in [2.24, 2.45) is 0 Å². The highest BCUT2D eigenvalue weighted by Crippen LogP contribution is 2.21. The smallest absolute Gasteiger partial charge is 0.201 e. The van der Waals surface area contributed by atoms with Gasteiger partial charge in [0.15, 0.2) is 5.82 Å². The van der Waals surface area contributed by atoms with Crippen molar-refractivity contribution >= 4 is 17.0 Å². The minimum Gasteiger partial charge on any atom is -0.369 e. The molecule has 0 atom stereocenters. The lowest BCUT2D eigenvalue weighted by Crippen LogP contribution is -2.06. The second kappa shape index (κ2) is 4.96. The number of aromatic nitrogens is 2. The number of rotatable bonds is 3. The van der Waals surface area contributed by atoms with E-state index in [9.17, 15) is 4.39 Å². The maximum atomic E-state index is 13.7. The van der Waals surface area contributed by atoms with Crippen LogP contribution in [0.4, 0.5) is 10.3 Å². The SMILES string of the molecule is Cc1ccccc1CCn1c(N)nc2c(F)cccc21. The van der Waals surface area contributed by atoms with Gasteiger partial charge in [-0.15, -0.1) is 0 Å². The molecule has 1 heterocycles. The molecule has 3 nitrogen and oxygen atoms in total. The van der Waals surface area contributed by atoms with Gasteiger partial charge >= 0.3 is 0 Å². The topological polar surface area (TPSA) is 43.8 Å². The number of aryl methyl sites for hydroxylation is 3. The summed E-state index contributed by atoms with van der Waals surface area (Å²) in [4.78, 5) is 4.11. The number of para-hydroxylation sites is 1. The number of fused-ring (bicyclic) bond motifs is 1. The van der Waals surface area contributed by atoms with Crippen molar-refractivity contribution in [1.29, 1.82) is 0 Å². The maximum Gasteiger partial charge on any atom is 0.201 e. The third-order valence-corrected chi connectivity index (χ3v) is 3.63. The van der Waals surface area contributed by atoms with E-state index in [2.05, 4.69) is 24.0 Å². The van der Waals surface area contributed by atoms with Gasteiger partial charge in [-0.1, -0.05) is 30.3 Å². The zero-order valence-corrected chi connectivity index (χ0v) is 11.3. The molecule has 0 unspecified atom stereocenters.